The molecule has 3 N–H and O–H groups in total. The number of nitrogens with two attached hydrogens (primary N) is 1. The summed E-state index contributed by atoms with van der Waals surface area (Å²) in [6, 6.07) is 8.26. The highest BCUT2D eigenvalue weighted by Gasteiger charge is 2.17. The summed E-state index contributed by atoms with van der Waals surface area (Å²) < 4.78 is 1.04. The first kappa shape index (κ1) is 14.0. The number of nitrogens with zero attached hydrogens (tertiary/aromatic N) is 1. The third kappa shape index (κ3) is 4.05. The number of aliphatic hydroxyl groups is 1. The number of benzene rings is 1. The molecule has 1 saturated heterocycles. The van der Waals surface area contributed by atoms with Crippen LogP contribution < -0.4 is 5.73 Å². The zero-order valence-electron chi connectivity index (χ0n) is 10.6. The molecular weight excluding hydrogens is 292 g/mol. The van der Waals surface area contributed by atoms with Gasteiger partial charge in [0.15, 0.2) is 0 Å². The van der Waals surface area contributed by atoms with Crippen molar-refractivity contribution in [2.24, 2.45) is 5.73 Å². The predicted molar refractivity (Wildman–Crippen MR) is 77.4 cm³/mol. The van der Waals surface area contributed by atoms with Gasteiger partial charge in [0, 0.05) is 17.1 Å². The van der Waals surface area contributed by atoms with E-state index in [9.17, 15) is 5.11 Å². The molecule has 0 spiro atoms. The van der Waals surface area contributed by atoms with Gasteiger partial charge in [-0.05, 0) is 50.0 Å². The van der Waals surface area contributed by atoms with Gasteiger partial charge >= 0.3 is 0 Å². The summed E-state index contributed by atoms with van der Waals surface area (Å²) in [4.78, 5) is 2.39. The lowest BCUT2D eigenvalue weighted by molar-refractivity contribution is 0.131. The largest absolute Gasteiger partial charge is 0.388 e. The third-order valence-corrected chi connectivity index (χ3v) is 4.13. The Morgan fingerprint density at radius 3 is 2.50 bits per heavy atom. The number of halogens is 1. The molecule has 0 bridgehead atoms. The summed E-state index contributed by atoms with van der Waals surface area (Å²) in [5.74, 6) is 0. The van der Waals surface area contributed by atoms with Gasteiger partial charge in [0.2, 0.25) is 0 Å². The van der Waals surface area contributed by atoms with Crippen molar-refractivity contribution in [3.63, 3.8) is 0 Å². The molecule has 18 heavy (non-hydrogen) atoms. The van der Waals surface area contributed by atoms with E-state index in [1.807, 2.05) is 24.3 Å². The molecule has 1 aromatic rings. The van der Waals surface area contributed by atoms with Crippen LogP contribution in [0.25, 0.3) is 0 Å². The maximum absolute atomic E-state index is 10.1. The van der Waals surface area contributed by atoms with Gasteiger partial charge in [0.05, 0.1) is 6.10 Å². The SMILES string of the molecule is NC1CCN(CCC(O)c2ccc(Br)cc2)CC1. The van der Waals surface area contributed by atoms with E-state index in [1.54, 1.807) is 0 Å². The van der Waals surface area contributed by atoms with Crippen LogP contribution in [0.1, 0.15) is 30.9 Å². The fraction of sp³-hybridized carbons (Fsp3) is 0.571. The van der Waals surface area contributed by atoms with E-state index < -0.39 is 0 Å². The first-order valence-corrected chi connectivity index (χ1v) is 7.36. The van der Waals surface area contributed by atoms with Crippen molar-refractivity contribution < 1.29 is 5.11 Å². The summed E-state index contributed by atoms with van der Waals surface area (Å²) in [5.41, 5.74) is 6.87. The molecule has 2 rings (SSSR count). The van der Waals surface area contributed by atoms with Crippen LogP contribution in [0, 0.1) is 0 Å². The Balaban J connectivity index is 1.77. The molecule has 0 radical (unpaired) electrons. The summed E-state index contributed by atoms with van der Waals surface area (Å²) >= 11 is 3.40. The smallest absolute Gasteiger partial charge is 0.0802 e. The van der Waals surface area contributed by atoms with E-state index in [2.05, 4.69) is 20.8 Å². The number of aliphatic hydroxyl groups excluding tert-OH is 1. The van der Waals surface area contributed by atoms with Crippen molar-refractivity contribution in [2.75, 3.05) is 19.6 Å². The van der Waals surface area contributed by atoms with Crippen LogP contribution in [0.3, 0.4) is 0 Å². The molecule has 1 aliphatic heterocycles. The lowest BCUT2D eigenvalue weighted by Gasteiger charge is -2.30. The van der Waals surface area contributed by atoms with Gasteiger partial charge in [0.25, 0.3) is 0 Å². The molecule has 0 saturated carbocycles. The Morgan fingerprint density at radius 2 is 1.89 bits per heavy atom. The number of rotatable bonds is 4. The average Bonchev–Trinajstić information content (AvgIpc) is 2.38. The van der Waals surface area contributed by atoms with Gasteiger partial charge in [-0.2, -0.15) is 0 Å². The normalized spacial score (nSPS) is 19.9. The zero-order chi connectivity index (χ0) is 13.0. The minimum absolute atomic E-state index is 0.367. The molecular formula is C14H21BrN2O. The van der Waals surface area contributed by atoms with E-state index in [1.165, 1.54) is 0 Å². The Morgan fingerprint density at radius 1 is 1.28 bits per heavy atom. The van der Waals surface area contributed by atoms with Crippen LogP contribution in [-0.2, 0) is 0 Å². The quantitative estimate of drug-likeness (QED) is 0.897. The van der Waals surface area contributed by atoms with Crippen molar-refractivity contribution in [1.29, 1.82) is 0 Å². The second-order valence-corrected chi connectivity index (χ2v) is 5.95. The standard InChI is InChI=1S/C14H21BrN2O/c15-12-3-1-11(2-4-12)14(18)7-10-17-8-5-13(16)6-9-17/h1-4,13-14,18H,5-10,16H2. The van der Waals surface area contributed by atoms with Gasteiger partial charge in [-0.1, -0.05) is 28.1 Å². The highest BCUT2D eigenvalue weighted by atomic mass is 79.9. The lowest BCUT2D eigenvalue weighted by atomic mass is 10.0. The highest BCUT2D eigenvalue weighted by Crippen LogP contribution is 2.20. The number of hydrogen-bond acceptors (Lipinski definition) is 3. The van der Waals surface area contributed by atoms with Crippen LogP contribution >= 0.6 is 15.9 Å². The number of hydrogen-bond donors (Lipinski definition) is 2. The van der Waals surface area contributed by atoms with E-state index in [0.717, 1.165) is 48.9 Å². The Hall–Kier alpha value is -0.420. The molecule has 1 aliphatic rings. The van der Waals surface area contributed by atoms with Crippen LogP contribution in [0.5, 0.6) is 0 Å². The average molecular weight is 313 g/mol. The molecule has 1 unspecified atom stereocenters. The van der Waals surface area contributed by atoms with E-state index in [-0.39, 0.29) is 6.10 Å². The van der Waals surface area contributed by atoms with Crippen molar-refractivity contribution in [3.8, 4) is 0 Å². The molecule has 100 valence electrons. The number of likely N-dealkylation sites (tertiary alicyclic amines) is 1. The van der Waals surface area contributed by atoms with Crippen molar-refractivity contribution in [2.45, 2.75) is 31.4 Å². The molecule has 0 amide bonds. The third-order valence-electron chi connectivity index (χ3n) is 3.61. The minimum atomic E-state index is -0.367. The maximum atomic E-state index is 10.1. The number of piperidine rings is 1. The Kier molecular flexibility index (Phi) is 5.18. The van der Waals surface area contributed by atoms with E-state index in [0.29, 0.717) is 6.04 Å². The highest BCUT2D eigenvalue weighted by molar-refractivity contribution is 9.10. The minimum Gasteiger partial charge on any atom is -0.388 e. The summed E-state index contributed by atoms with van der Waals surface area (Å²) in [6.07, 6.45) is 2.58. The van der Waals surface area contributed by atoms with Gasteiger partial charge in [0.1, 0.15) is 0 Å². The molecule has 0 aliphatic carbocycles. The molecule has 1 fully saturated rings. The topological polar surface area (TPSA) is 49.5 Å². The van der Waals surface area contributed by atoms with Crippen molar-refractivity contribution >= 4 is 15.9 Å². The van der Waals surface area contributed by atoms with Crippen LogP contribution in [0.4, 0.5) is 0 Å². The zero-order valence-corrected chi connectivity index (χ0v) is 12.1. The Bertz CT molecular complexity index is 361. The van der Waals surface area contributed by atoms with Gasteiger partial charge in [-0.25, -0.2) is 0 Å². The van der Waals surface area contributed by atoms with Crippen molar-refractivity contribution in [3.05, 3.63) is 34.3 Å². The maximum Gasteiger partial charge on any atom is 0.0802 e. The summed E-state index contributed by atoms with van der Waals surface area (Å²) in [5, 5.41) is 10.1. The first-order chi connectivity index (χ1) is 8.65. The molecule has 0 aromatic heterocycles. The van der Waals surface area contributed by atoms with Crippen molar-refractivity contribution in [1.82, 2.24) is 4.90 Å². The second-order valence-electron chi connectivity index (χ2n) is 5.04. The molecule has 1 aromatic carbocycles. The molecule has 4 heteroatoms. The second kappa shape index (κ2) is 6.66. The molecule has 3 nitrogen and oxygen atoms in total. The van der Waals surface area contributed by atoms with Crippen LogP contribution in [0.2, 0.25) is 0 Å². The van der Waals surface area contributed by atoms with E-state index in [4.69, 9.17) is 5.73 Å². The molecule has 1 heterocycles. The van der Waals surface area contributed by atoms with E-state index >= 15 is 0 Å². The van der Waals surface area contributed by atoms with Crippen LogP contribution in [0.15, 0.2) is 28.7 Å². The fourth-order valence-corrected chi connectivity index (χ4v) is 2.60. The monoisotopic (exact) mass is 312 g/mol. The summed E-state index contributed by atoms with van der Waals surface area (Å²) in [6.45, 7) is 3.08. The Labute approximate surface area is 117 Å². The predicted octanol–water partition coefficient (Wildman–Crippen LogP) is 2.30. The lowest BCUT2D eigenvalue weighted by Crippen LogP contribution is -2.40. The molecule has 1 atom stereocenters. The van der Waals surface area contributed by atoms with Gasteiger partial charge in [-0.3, -0.25) is 0 Å². The van der Waals surface area contributed by atoms with Gasteiger partial charge < -0.3 is 15.7 Å². The summed E-state index contributed by atoms with van der Waals surface area (Å²) in [7, 11) is 0. The first-order valence-electron chi connectivity index (χ1n) is 6.56. The van der Waals surface area contributed by atoms with Gasteiger partial charge in [-0.15, -0.1) is 0 Å². The fourth-order valence-electron chi connectivity index (χ4n) is 2.33. The van der Waals surface area contributed by atoms with Crippen LogP contribution in [-0.4, -0.2) is 35.7 Å².